The first kappa shape index (κ1) is 35.1. The SMILES string of the molecule is [C-]#[N+]c1cccc(-c2cc(-n3c4ccccc4c4cc(-c5ccccc5C)ccc43)c(C(F)(F)F)cc2-n2c3ccccc3c3cc(-c4ccccc4C)ccc32)c1. The summed E-state index contributed by atoms with van der Waals surface area (Å²) in [6, 6.07) is 54.1. The van der Waals surface area contributed by atoms with Gasteiger partial charge in [0.25, 0.3) is 0 Å². The van der Waals surface area contributed by atoms with Crippen molar-refractivity contribution in [2.45, 2.75) is 20.0 Å². The summed E-state index contributed by atoms with van der Waals surface area (Å²) in [6.45, 7) is 12.0. The predicted molar refractivity (Wildman–Crippen MR) is 232 cm³/mol. The summed E-state index contributed by atoms with van der Waals surface area (Å²) >= 11 is 0. The Balaban J connectivity index is 1.31. The van der Waals surface area contributed by atoms with Gasteiger partial charge in [0.2, 0.25) is 0 Å². The van der Waals surface area contributed by atoms with Crippen LogP contribution < -0.4 is 0 Å². The Morgan fingerprint density at radius 2 is 0.914 bits per heavy atom. The summed E-state index contributed by atoms with van der Waals surface area (Å²) < 4.78 is 51.4. The van der Waals surface area contributed by atoms with Crippen LogP contribution in [-0.2, 0) is 6.18 Å². The van der Waals surface area contributed by atoms with Gasteiger partial charge < -0.3 is 9.13 Å². The lowest BCUT2D eigenvalue weighted by Gasteiger charge is -2.22. The van der Waals surface area contributed by atoms with Crippen LogP contribution in [-0.4, -0.2) is 9.13 Å². The lowest BCUT2D eigenvalue weighted by molar-refractivity contribution is -0.137. The molecular formula is C52H34F3N3. The molecule has 278 valence electrons. The first-order valence-corrected chi connectivity index (χ1v) is 19.1. The summed E-state index contributed by atoms with van der Waals surface area (Å²) in [4.78, 5) is 3.70. The van der Waals surface area contributed by atoms with E-state index in [0.717, 1.165) is 66.0 Å². The van der Waals surface area contributed by atoms with Gasteiger partial charge in [0, 0.05) is 27.1 Å². The highest BCUT2D eigenvalue weighted by molar-refractivity contribution is 6.12. The van der Waals surface area contributed by atoms with Crippen LogP contribution in [0.3, 0.4) is 0 Å². The molecule has 0 spiro atoms. The molecule has 0 atom stereocenters. The minimum atomic E-state index is -4.73. The van der Waals surface area contributed by atoms with Gasteiger partial charge in [0.15, 0.2) is 5.69 Å². The van der Waals surface area contributed by atoms with Crippen LogP contribution in [0.15, 0.2) is 170 Å². The quantitative estimate of drug-likeness (QED) is 0.155. The number of alkyl halides is 3. The van der Waals surface area contributed by atoms with Crippen molar-refractivity contribution in [3.05, 3.63) is 198 Å². The van der Waals surface area contributed by atoms with Gasteiger partial charge >= 0.3 is 6.18 Å². The van der Waals surface area contributed by atoms with E-state index < -0.39 is 11.7 Å². The normalized spacial score (nSPS) is 11.9. The second-order valence-electron chi connectivity index (χ2n) is 14.8. The van der Waals surface area contributed by atoms with Crippen LogP contribution in [0.1, 0.15) is 16.7 Å². The molecule has 0 aliphatic heterocycles. The van der Waals surface area contributed by atoms with Crippen molar-refractivity contribution in [2.24, 2.45) is 0 Å². The zero-order chi connectivity index (χ0) is 39.7. The fourth-order valence-electron chi connectivity index (χ4n) is 8.74. The van der Waals surface area contributed by atoms with Crippen molar-refractivity contribution in [2.75, 3.05) is 0 Å². The maximum absolute atomic E-state index is 15.9. The number of para-hydroxylation sites is 2. The van der Waals surface area contributed by atoms with Gasteiger partial charge in [0.05, 0.1) is 45.6 Å². The number of fused-ring (bicyclic) bond motifs is 6. The second-order valence-corrected chi connectivity index (χ2v) is 14.8. The van der Waals surface area contributed by atoms with E-state index in [2.05, 4.69) is 55.1 Å². The molecule has 0 amide bonds. The van der Waals surface area contributed by atoms with Crippen molar-refractivity contribution in [3.8, 4) is 44.8 Å². The Morgan fingerprint density at radius 1 is 0.431 bits per heavy atom. The van der Waals surface area contributed by atoms with Crippen LogP contribution in [0.25, 0.3) is 93.2 Å². The van der Waals surface area contributed by atoms with E-state index in [4.69, 9.17) is 6.57 Å². The monoisotopic (exact) mass is 757 g/mol. The fraction of sp³-hybridized carbons (Fsp3) is 0.0577. The number of benzene rings is 8. The number of rotatable bonds is 5. The molecule has 0 N–H and O–H groups in total. The van der Waals surface area contributed by atoms with Gasteiger partial charge in [-0.3, -0.25) is 0 Å². The Morgan fingerprint density at radius 3 is 1.45 bits per heavy atom. The molecule has 0 radical (unpaired) electrons. The Hall–Kier alpha value is -7.36. The van der Waals surface area contributed by atoms with Crippen LogP contribution in [0, 0.1) is 20.4 Å². The highest BCUT2D eigenvalue weighted by atomic mass is 19.4. The van der Waals surface area contributed by atoms with E-state index in [1.54, 1.807) is 28.8 Å². The molecule has 10 aromatic rings. The molecule has 58 heavy (non-hydrogen) atoms. The van der Waals surface area contributed by atoms with Crippen LogP contribution >= 0.6 is 0 Å². The number of halogens is 3. The van der Waals surface area contributed by atoms with Crippen LogP contribution in [0.5, 0.6) is 0 Å². The number of aryl methyl sites for hydroxylation is 2. The highest BCUT2D eigenvalue weighted by Gasteiger charge is 2.37. The largest absolute Gasteiger partial charge is 0.418 e. The van der Waals surface area contributed by atoms with Gasteiger partial charge in [0.1, 0.15) is 0 Å². The standard InChI is InChI=1S/C52H34F3N3/c1-32-13-4-6-17-38(32)35-23-25-48-43(28-35)40-19-8-10-21-46(40)57(48)50-31-45(52(53,54)55)51(30-42(50)34-15-12-16-37(27-34)56-3)58-47-22-11-9-20-41(47)44-29-36(24-26-49(44)58)39-18-7-5-14-33(39)2/h4-31H,1-2H3. The third-order valence-corrected chi connectivity index (χ3v) is 11.4. The smallest absolute Gasteiger partial charge is 0.309 e. The minimum absolute atomic E-state index is 0.0110. The topological polar surface area (TPSA) is 14.2 Å². The van der Waals surface area contributed by atoms with Gasteiger partial charge in [-0.2, -0.15) is 13.2 Å². The molecule has 10 rings (SSSR count). The lowest BCUT2D eigenvalue weighted by atomic mass is 9.97. The molecule has 3 nitrogen and oxygen atoms in total. The molecule has 0 bridgehead atoms. The van der Waals surface area contributed by atoms with Crippen molar-refractivity contribution in [1.82, 2.24) is 9.13 Å². The molecule has 0 saturated heterocycles. The third-order valence-electron chi connectivity index (χ3n) is 11.4. The lowest BCUT2D eigenvalue weighted by Crippen LogP contribution is -2.13. The first-order chi connectivity index (χ1) is 28.2. The first-order valence-electron chi connectivity index (χ1n) is 19.1. The summed E-state index contributed by atoms with van der Waals surface area (Å²) in [5, 5.41) is 3.57. The molecule has 0 aliphatic rings. The van der Waals surface area contributed by atoms with Gasteiger partial charge in [-0.1, -0.05) is 115 Å². The highest BCUT2D eigenvalue weighted by Crippen LogP contribution is 2.46. The van der Waals surface area contributed by atoms with Crippen molar-refractivity contribution >= 4 is 49.3 Å². The summed E-state index contributed by atoms with van der Waals surface area (Å²) in [5.41, 5.74) is 10.6. The number of hydrogen-bond donors (Lipinski definition) is 0. The number of hydrogen-bond acceptors (Lipinski definition) is 0. The zero-order valence-corrected chi connectivity index (χ0v) is 31.6. The Kier molecular flexibility index (Phi) is 8.10. The molecule has 2 aromatic heterocycles. The predicted octanol–water partition coefficient (Wildman–Crippen LogP) is 15.1. The number of nitrogens with zero attached hydrogens (tertiary/aromatic N) is 3. The Labute approximate surface area is 333 Å². The van der Waals surface area contributed by atoms with E-state index in [0.29, 0.717) is 33.5 Å². The maximum Gasteiger partial charge on any atom is 0.418 e. The second kappa shape index (κ2) is 13.4. The average molecular weight is 758 g/mol. The fourth-order valence-corrected chi connectivity index (χ4v) is 8.74. The van der Waals surface area contributed by atoms with E-state index in [9.17, 15) is 0 Å². The summed E-state index contributed by atoms with van der Waals surface area (Å²) in [5.74, 6) is 0. The molecule has 0 aliphatic carbocycles. The van der Waals surface area contributed by atoms with Crippen molar-refractivity contribution in [1.29, 1.82) is 0 Å². The van der Waals surface area contributed by atoms with Crippen molar-refractivity contribution in [3.63, 3.8) is 0 Å². The molecule has 2 heterocycles. The molecular weight excluding hydrogens is 724 g/mol. The zero-order valence-electron chi connectivity index (χ0n) is 31.6. The van der Waals surface area contributed by atoms with Crippen LogP contribution in [0.4, 0.5) is 18.9 Å². The third kappa shape index (κ3) is 5.58. The van der Waals surface area contributed by atoms with E-state index in [1.807, 2.05) is 108 Å². The van der Waals surface area contributed by atoms with E-state index in [-0.39, 0.29) is 5.69 Å². The molecule has 0 saturated carbocycles. The van der Waals surface area contributed by atoms with Gasteiger partial charge in [-0.05, 0) is 107 Å². The molecule has 0 unspecified atom stereocenters. The Bertz CT molecular complexity index is 3320. The van der Waals surface area contributed by atoms with Gasteiger partial charge in [-0.25, -0.2) is 4.85 Å². The van der Waals surface area contributed by atoms with E-state index >= 15 is 13.2 Å². The van der Waals surface area contributed by atoms with E-state index in [1.165, 1.54) is 6.07 Å². The molecule has 6 heteroatoms. The molecule has 0 fully saturated rings. The van der Waals surface area contributed by atoms with Crippen molar-refractivity contribution < 1.29 is 13.2 Å². The summed E-state index contributed by atoms with van der Waals surface area (Å²) in [7, 11) is 0. The minimum Gasteiger partial charge on any atom is -0.309 e. The van der Waals surface area contributed by atoms with Crippen LogP contribution in [0.2, 0.25) is 0 Å². The number of aromatic nitrogens is 2. The summed E-state index contributed by atoms with van der Waals surface area (Å²) in [6.07, 6.45) is -4.73. The van der Waals surface area contributed by atoms with Gasteiger partial charge in [-0.15, -0.1) is 0 Å². The molecule has 8 aromatic carbocycles. The average Bonchev–Trinajstić information content (AvgIpc) is 3.75. The maximum atomic E-state index is 15.9.